The summed E-state index contributed by atoms with van der Waals surface area (Å²) in [5.74, 6) is 1.61. The third-order valence-electron chi connectivity index (χ3n) is 2.90. The van der Waals surface area contributed by atoms with Crippen LogP contribution in [0.3, 0.4) is 0 Å². The lowest BCUT2D eigenvalue weighted by molar-refractivity contribution is 0.185. The van der Waals surface area contributed by atoms with Gasteiger partial charge in [0.05, 0.1) is 0 Å². The fraction of sp³-hybridized carbons (Fsp3) is 0.583. The zero-order valence-corrected chi connectivity index (χ0v) is 10.5. The van der Waals surface area contributed by atoms with Gasteiger partial charge in [-0.3, -0.25) is 4.90 Å². The summed E-state index contributed by atoms with van der Waals surface area (Å²) in [6.45, 7) is 9.36. The molecule has 16 heavy (non-hydrogen) atoms. The second-order valence-corrected chi connectivity index (χ2v) is 4.74. The van der Waals surface area contributed by atoms with Crippen LogP contribution in [0.5, 0.6) is 0 Å². The van der Waals surface area contributed by atoms with Crippen molar-refractivity contribution < 1.29 is 10.0 Å². The average molecular weight is 222 g/mol. The maximum absolute atomic E-state index is 9.22. The summed E-state index contributed by atoms with van der Waals surface area (Å²) in [5.41, 5.74) is 0. The first-order valence-electron chi connectivity index (χ1n) is 5.79. The van der Waals surface area contributed by atoms with Gasteiger partial charge in [0.2, 0.25) is 0 Å². The summed E-state index contributed by atoms with van der Waals surface area (Å²) in [4.78, 5) is 2.32. The fourth-order valence-electron chi connectivity index (χ4n) is 2.03. The molecule has 0 aliphatic heterocycles. The minimum atomic E-state index is -1.37. The van der Waals surface area contributed by atoms with Crippen LogP contribution in [0, 0.1) is 31.0 Å². The van der Waals surface area contributed by atoms with Gasteiger partial charge in [-0.2, -0.15) is 0 Å². The second-order valence-electron chi connectivity index (χ2n) is 4.74. The quantitative estimate of drug-likeness (QED) is 0.679. The van der Waals surface area contributed by atoms with E-state index in [2.05, 4.69) is 32.6 Å². The molecule has 0 amide bonds. The van der Waals surface area contributed by atoms with Crippen LogP contribution in [0.4, 0.5) is 0 Å². The highest BCUT2D eigenvalue weighted by atomic mass is 16.4. The van der Waals surface area contributed by atoms with Crippen molar-refractivity contribution in [1.29, 1.82) is 0 Å². The molecule has 1 aliphatic carbocycles. The lowest BCUT2D eigenvalue weighted by Crippen LogP contribution is -2.42. The molecular weight excluding hydrogens is 201 g/mol. The third-order valence-corrected chi connectivity index (χ3v) is 2.90. The molecule has 0 aromatic heterocycles. The van der Waals surface area contributed by atoms with Crippen LogP contribution in [-0.2, 0) is 0 Å². The zero-order valence-electron chi connectivity index (χ0n) is 10.5. The average Bonchev–Trinajstić information content (AvgIpc) is 2.60. The first-order valence-corrected chi connectivity index (χ1v) is 5.79. The molecule has 4 heteroatoms. The normalized spacial score (nSPS) is 19.3. The summed E-state index contributed by atoms with van der Waals surface area (Å²) in [6, 6.07) is 0.886. The van der Waals surface area contributed by atoms with Crippen LogP contribution in [0.1, 0.15) is 27.7 Å². The Morgan fingerprint density at radius 1 is 1.12 bits per heavy atom. The van der Waals surface area contributed by atoms with Gasteiger partial charge in [-0.15, -0.1) is 0 Å². The Bertz CT molecular complexity index is 201. The third kappa shape index (κ3) is 3.47. The van der Waals surface area contributed by atoms with E-state index in [1.54, 1.807) is 6.42 Å². The van der Waals surface area contributed by atoms with E-state index in [1.807, 2.05) is 12.8 Å². The van der Waals surface area contributed by atoms with E-state index in [4.69, 9.17) is 0 Å². The molecule has 89 valence electrons. The van der Waals surface area contributed by atoms with Crippen molar-refractivity contribution in [3.8, 4) is 0 Å². The SMILES string of the molecule is CC(C)N(C[C]1[CH][CH][CH][C]1B(O)O)C(C)C. The van der Waals surface area contributed by atoms with Crippen LogP contribution in [0.15, 0.2) is 0 Å². The number of hydrogen-bond acceptors (Lipinski definition) is 3. The van der Waals surface area contributed by atoms with Crippen molar-refractivity contribution in [2.45, 2.75) is 39.8 Å². The van der Waals surface area contributed by atoms with Gasteiger partial charge in [-0.25, -0.2) is 0 Å². The highest BCUT2D eigenvalue weighted by Crippen LogP contribution is 2.35. The topological polar surface area (TPSA) is 43.7 Å². The Balaban J connectivity index is 2.57. The molecule has 1 saturated carbocycles. The number of nitrogens with zero attached hydrogens (tertiary/aromatic N) is 1. The summed E-state index contributed by atoms with van der Waals surface area (Å²) in [6.07, 6.45) is 5.58. The molecule has 1 rings (SSSR count). The Morgan fingerprint density at radius 3 is 2.12 bits per heavy atom. The van der Waals surface area contributed by atoms with E-state index in [1.165, 1.54) is 0 Å². The van der Waals surface area contributed by atoms with E-state index in [0.717, 1.165) is 12.5 Å². The second kappa shape index (κ2) is 6.03. The minimum Gasteiger partial charge on any atom is -0.427 e. The van der Waals surface area contributed by atoms with Crippen molar-refractivity contribution in [2.24, 2.45) is 0 Å². The van der Waals surface area contributed by atoms with Crippen molar-refractivity contribution >= 4 is 7.12 Å². The smallest absolute Gasteiger partial charge is 0.427 e. The molecule has 2 N–H and O–H groups in total. The van der Waals surface area contributed by atoms with Crippen LogP contribution in [0.25, 0.3) is 0 Å². The molecule has 0 aromatic carbocycles. The fourth-order valence-corrected chi connectivity index (χ4v) is 2.03. The van der Waals surface area contributed by atoms with Gasteiger partial charge in [0, 0.05) is 24.4 Å². The van der Waals surface area contributed by atoms with Crippen LogP contribution in [0.2, 0.25) is 0 Å². The molecule has 1 fully saturated rings. The lowest BCUT2D eigenvalue weighted by Gasteiger charge is -2.34. The van der Waals surface area contributed by atoms with Crippen LogP contribution < -0.4 is 0 Å². The van der Waals surface area contributed by atoms with E-state index < -0.39 is 7.12 Å². The van der Waals surface area contributed by atoms with Crippen molar-refractivity contribution in [3.63, 3.8) is 0 Å². The van der Waals surface area contributed by atoms with Gasteiger partial charge in [-0.1, -0.05) is 0 Å². The van der Waals surface area contributed by atoms with Crippen molar-refractivity contribution in [1.82, 2.24) is 4.90 Å². The molecule has 1 aliphatic rings. The molecular formula is C12H21BNO2. The molecule has 0 unspecified atom stereocenters. The van der Waals surface area contributed by atoms with Gasteiger partial charge in [0.15, 0.2) is 0 Å². The maximum Gasteiger partial charge on any atom is 0.459 e. The van der Waals surface area contributed by atoms with Gasteiger partial charge in [-0.05, 0) is 52.9 Å². The zero-order chi connectivity index (χ0) is 12.3. The van der Waals surface area contributed by atoms with Gasteiger partial charge < -0.3 is 10.0 Å². The van der Waals surface area contributed by atoms with Crippen LogP contribution in [-0.4, -0.2) is 40.7 Å². The number of rotatable bonds is 5. The van der Waals surface area contributed by atoms with Crippen molar-refractivity contribution in [2.75, 3.05) is 6.54 Å². The molecule has 0 bridgehead atoms. The molecule has 0 heterocycles. The van der Waals surface area contributed by atoms with Crippen LogP contribution >= 0.6 is 0 Å². The molecule has 0 spiro atoms. The highest BCUT2D eigenvalue weighted by molar-refractivity contribution is 6.51. The summed E-state index contributed by atoms with van der Waals surface area (Å²) < 4.78 is 0. The Kier molecular flexibility index (Phi) is 5.28. The molecule has 0 atom stereocenters. The van der Waals surface area contributed by atoms with E-state index in [0.29, 0.717) is 17.9 Å². The van der Waals surface area contributed by atoms with Gasteiger partial charge >= 0.3 is 7.12 Å². The van der Waals surface area contributed by atoms with E-state index in [-0.39, 0.29) is 0 Å². The first-order chi connectivity index (χ1) is 7.43. The molecule has 3 nitrogen and oxygen atoms in total. The highest BCUT2D eigenvalue weighted by Gasteiger charge is 2.38. The summed E-state index contributed by atoms with van der Waals surface area (Å²) in [5, 5.41) is 18.4. The standard InChI is InChI=1S/C12H21BNO2/c1-9(2)14(10(3)4)8-11-6-5-7-12(11)13(15)16/h5-7,9-10,15-16H,8H2,1-4H3. The molecule has 0 saturated heterocycles. The predicted octanol–water partition coefficient (Wildman–Crippen LogP) is 0.893. The molecule has 0 aromatic rings. The molecule has 5 radical (unpaired) electrons. The Hall–Kier alpha value is -0.0551. The minimum absolute atomic E-state index is 0.443. The number of hydrogen-bond donors (Lipinski definition) is 2. The van der Waals surface area contributed by atoms with Gasteiger partial charge in [0.1, 0.15) is 0 Å². The van der Waals surface area contributed by atoms with E-state index in [9.17, 15) is 10.0 Å². The Morgan fingerprint density at radius 2 is 1.69 bits per heavy atom. The van der Waals surface area contributed by atoms with E-state index >= 15 is 0 Å². The maximum atomic E-state index is 9.22. The summed E-state index contributed by atoms with van der Waals surface area (Å²) in [7, 11) is -1.37. The summed E-state index contributed by atoms with van der Waals surface area (Å²) >= 11 is 0. The predicted molar refractivity (Wildman–Crippen MR) is 66.6 cm³/mol. The van der Waals surface area contributed by atoms with Gasteiger partial charge in [0.25, 0.3) is 0 Å². The Labute approximate surface area is 100.0 Å². The largest absolute Gasteiger partial charge is 0.459 e. The lowest BCUT2D eigenvalue weighted by atomic mass is 9.67. The first kappa shape index (κ1) is 14.0. The van der Waals surface area contributed by atoms with Crippen molar-refractivity contribution in [3.05, 3.63) is 31.0 Å². The monoisotopic (exact) mass is 222 g/mol.